The molecule has 1 aliphatic rings. The smallest absolute Gasteiger partial charge is 0.330 e. The second-order valence-corrected chi connectivity index (χ2v) is 4.30. The molecule has 4 atom stereocenters. The van der Waals surface area contributed by atoms with Crippen molar-refractivity contribution in [3.63, 3.8) is 0 Å². The normalized spacial score (nSPS) is 28.1. The summed E-state index contributed by atoms with van der Waals surface area (Å²) in [5.74, 6) is -0.154. The van der Waals surface area contributed by atoms with Crippen LogP contribution in [-0.4, -0.2) is 51.7 Å². The molecule has 1 aliphatic heterocycles. The SMILES string of the molecule is COc1cn([C@@H]2O[C@H](CO)C(N=[N+]=[N-])[C@@H]2O)c(=O)[nH]c1=O. The zero-order valence-corrected chi connectivity index (χ0v) is 10.9. The summed E-state index contributed by atoms with van der Waals surface area (Å²) in [7, 11) is 1.24. The molecule has 0 aromatic carbocycles. The number of aliphatic hydroxyl groups is 2. The van der Waals surface area contributed by atoms with Crippen molar-refractivity contribution < 1.29 is 19.7 Å². The number of hydrogen-bond acceptors (Lipinski definition) is 7. The number of hydrogen-bond donors (Lipinski definition) is 3. The second-order valence-electron chi connectivity index (χ2n) is 4.30. The van der Waals surface area contributed by atoms with E-state index in [0.29, 0.717) is 0 Å². The molecule has 2 rings (SSSR count). The van der Waals surface area contributed by atoms with Crippen LogP contribution in [0, 0.1) is 0 Å². The van der Waals surface area contributed by atoms with Gasteiger partial charge in [-0.15, -0.1) is 0 Å². The summed E-state index contributed by atoms with van der Waals surface area (Å²) in [4.78, 5) is 27.8. The van der Waals surface area contributed by atoms with Gasteiger partial charge in [-0.2, -0.15) is 0 Å². The molecule has 1 saturated heterocycles. The summed E-state index contributed by atoms with van der Waals surface area (Å²) in [5.41, 5.74) is 6.91. The van der Waals surface area contributed by atoms with E-state index in [0.717, 1.165) is 10.8 Å². The minimum atomic E-state index is -1.37. The maximum Gasteiger partial charge on any atom is 0.330 e. The lowest BCUT2D eigenvalue weighted by Crippen LogP contribution is -2.37. The van der Waals surface area contributed by atoms with Crippen LogP contribution in [0.3, 0.4) is 0 Å². The van der Waals surface area contributed by atoms with Crippen molar-refractivity contribution in [2.45, 2.75) is 24.5 Å². The molecule has 1 unspecified atom stereocenters. The van der Waals surface area contributed by atoms with Crippen molar-refractivity contribution in [1.82, 2.24) is 9.55 Å². The van der Waals surface area contributed by atoms with E-state index in [-0.39, 0.29) is 5.75 Å². The van der Waals surface area contributed by atoms with Crippen LogP contribution in [0.25, 0.3) is 10.4 Å². The number of aromatic nitrogens is 2. The van der Waals surface area contributed by atoms with Crippen molar-refractivity contribution >= 4 is 0 Å². The number of nitrogens with zero attached hydrogens (tertiary/aromatic N) is 4. The fourth-order valence-electron chi connectivity index (χ4n) is 2.11. The Morgan fingerprint density at radius 1 is 1.62 bits per heavy atom. The summed E-state index contributed by atoms with van der Waals surface area (Å²) >= 11 is 0. The average Bonchev–Trinajstić information content (AvgIpc) is 2.77. The van der Waals surface area contributed by atoms with Gasteiger partial charge in [0, 0.05) is 4.91 Å². The fourth-order valence-corrected chi connectivity index (χ4v) is 2.11. The van der Waals surface area contributed by atoms with Gasteiger partial charge in [0.05, 0.1) is 32.1 Å². The number of aromatic amines is 1. The first-order chi connectivity index (χ1) is 10.0. The van der Waals surface area contributed by atoms with Crippen LogP contribution in [0.1, 0.15) is 6.23 Å². The van der Waals surface area contributed by atoms with E-state index in [9.17, 15) is 19.8 Å². The first kappa shape index (κ1) is 15.1. The monoisotopic (exact) mass is 299 g/mol. The quantitative estimate of drug-likeness (QED) is 0.347. The number of rotatable bonds is 4. The largest absolute Gasteiger partial charge is 0.490 e. The number of ether oxygens (including phenoxy) is 2. The molecule has 0 spiro atoms. The van der Waals surface area contributed by atoms with Crippen molar-refractivity contribution in [3.8, 4) is 5.75 Å². The number of H-pyrrole nitrogens is 1. The minimum absolute atomic E-state index is 0.154. The average molecular weight is 299 g/mol. The lowest BCUT2D eigenvalue weighted by molar-refractivity contribution is -0.0534. The molecule has 11 heteroatoms. The van der Waals surface area contributed by atoms with Gasteiger partial charge in [-0.3, -0.25) is 14.3 Å². The highest BCUT2D eigenvalue weighted by Crippen LogP contribution is 2.30. The van der Waals surface area contributed by atoms with Crippen LogP contribution in [-0.2, 0) is 4.74 Å². The molecule has 1 aromatic rings. The van der Waals surface area contributed by atoms with Crippen LogP contribution in [0.4, 0.5) is 0 Å². The maximum atomic E-state index is 11.8. The van der Waals surface area contributed by atoms with E-state index in [1.807, 2.05) is 4.98 Å². The van der Waals surface area contributed by atoms with Gasteiger partial charge in [0.1, 0.15) is 6.10 Å². The van der Waals surface area contributed by atoms with Gasteiger partial charge in [-0.1, -0.05) is 5.11 Å². The molecule has 0 aliphatic carbocycles. The third-order valence-electron chi connectivity index (χ3n) is 3.13. The van der Waals surface area contributed by atoms with E-state index in [1.165, 1.54) is 7.11 Å². The van der Waals surface area contributed by atoms with Crippen molar-refractivity contribution in [2.24, 2.45) is 5.11 Å². The first-order valence-corrected chi connectivity index (χ1v) is 5.91. The Labute approximate surface area is 117 Å². The van der Waals surface area contributed by atoms with Crippen molar-refractivity contribution in [3.05, 3.63) is 37.5 Å². The Morgan fingerprint density at radius 2 is 2.33 bits per heavy atom. The highest BCUT2D eigenvalue weighted by atomic mass is 16.5. The summed E-state index contributed by atoms with van der Waals surface area (Å²) < 4.78 is 11.0. The van der Waals surface area contributed by atoms with Gasteiger partial charge in [0.2, 0.25) is 5.75 Å². The zero-order chi connectivity index (χ0) is 15.6. The maximum absolute atomic E-state index is 11.8. The van der Waals surface area contributed by atoms with Crippen molar-refractivity contribution in [1.29, 1.82) is 0 Å². The molecule has 0 saturated carbocycles. The van der Waals surface area contributed by atoms with Crippen LogP contribution >= 0.6 is 0 Å². The molecule has 2 heterocycles. The molecule has 114 valence electrons. The van der Waals surface area contributed by atoms with Crippen LogP contribution in [0.2, 0.25) is 0 Å². The molecule has 0 radical (unpaired) electrons. The molecule has 3 N–H and O–H groups in total. The molecule has 0 amide bonds. The summed E-state index contributed by atoms with van der Waals surface area (Å²) in [6, 6.07) is -1.06. The van der Waals surface area contributed by atoms with Crippen LogP contribution in [0.5, 0.6) is 5.75 Å². The zero-order valence-electron chi connectivity index (χ0n) is 10.9. The predicted molar refractivity (Wildman–Crippen MR) is 67.8 cm³/mol. The minimum Gasteiger partial charge on any atom is -0.490 e. The summed E-state index contributed by atoms with van der Waals surface area (Å²) in [6.45, 7) is -0.507. The number of azide groups is 1. The molecule has 0 bridgehead atoms. The van der Waals surface area contributed by atoms with Gasteiger partial charge in [-0.05, 0) is 5.53 Å². The molecular formula is C10H13N5O6. The second kappa shape index (κ2) is 5.97. The third-order valence-corrected chi connectivity index (χ3v) is 3.13. The van der Waals surface area contributed by atoms with Gasteiger partial charge in [0.15, 0.2) is 6.23 Å². The number of aliphatic hydroxyl groups excluding tert-OH is 2. The highest BCUT2D eigenvalue weighted by molar-refractivity contribution is 5.12. The topological polar surface area (TPSA) is 163 Å². The molecular weight excluding hydrogens is 286 g/mol. The van der Waals surface area contributed by atoms with Crippen LogP contribution < -0.4 is 16.0 Å². The molecule has 21 heavy (non-hydrogen) atoms. The number of nitrogens with one attached hydrogen (secondary N) is 1. The van der Waals surface area contributed by atoms with Gasteiger partial charge >= 0.3 is 5.69 Å². The van der Waals surface area contributed by atoms with Gasteiger partial charge in [0.25, 0.3) is 5.56 Å². The van der Waals surface area contributed by atoms with E-state index in [2.05, 4.69) is 10.0 Å². The third kappa shape index (κ3) is 2.62. The van der Waals surface area contributed by atoms with E-state index >= 15 is 0 Å². The Kier molecular flexibility index (Phi) is 4.29. The lowest BCUT2D eigenvalue weighted by Gasteiger charge is -2.17. The van der Waals surface area contributed by atoms with E-state index in [1.54, 1.807) is 0 Å². The molecule has 11 nitrogen and oxygen atoms in total. The lowest BCUT2D eigenvalue weighted by atomic mass is 10.1. The Balaban J connectivity index is 2.45. The Morgan fingerprint density at radius 3 is 2.90 bits per heavy atom. The van der Waals surface area contributed by atoms with Crippen LogP contribution in [0.15, 0.2) is 20.9 Å². The van der Waals surface area contributed by atoms with Gasteiger partial charge in [-0.25, -0.2) is 4.79 Å². The molecule has 1 fully saturated rings. The van der Waals surface area contributed by atoms with Gasteiger partial charge < -0.3 is 19.7 Å². The summed E-state index contributed by atoms with van der Waals surface area (Å²) in [6.07, 6.45) is -2.49. The summed E-state index contributed by atoms with van der Waals surface area (Å²) in [5, 5.41) is 22.6. The van der Waals surface area contributed by atoms with E-state index < -0.39 is 42.3 Å². The standard InChI is InChI=1S/C10H13N5O6/c1-20-4-2-15(10(19)12-8(4)18)9-7(17)6(13-14-11)5(3-16)21-9/h2,5-7,9,16-17H,3H2,1H3,(H,12,18,19)/t5-,6?,7+,9-/m1/s1. The highest BCUT2D eigenvalue weighted by Gasteiger charge is 2.44. The fraction of sp³-hybridized carbons (Fsp3) is 0.600. The molecule has 1 aromatic heterocycles. The Bertz CT molecular complexity index is 677. The Hall–Kier alpha value is -2.33. The predicted octanol–water partition coefficient (Wildman–Crippen LogP) is -1.53. The van der Waals surface area contributed by atoms with Crippen molar-refractivity contribution in [2.75, 3.05) is 13.7 Å². The number of methoxy groups -OCH3 is 1. The first-order valence-electron chi connectivity index (χ1n) is 5.91. The van der Waals surface area contributed by atoms with E-state index in [4.69, 9.17) is 15.0 Å².